The van der Waals surface area contributed by atoms with Crippen molar-refractivity contribution in [3.8, 4) is 5.75 Å². The molecular formula is C93H132N22O19S. The van der Waals surface area contributed by atoms with Gasteiger partial charge >= 0.3 is 0 Å². The summed E-state index contributed by atoms with van der Waals surface area (Å²) in [7, 11) is 4.05. The average molecular weight is 1890 g/mol. The highest BCUT2D eigenvalue weighted by Gasteiger charge is 2.46. The number of aryl methyl sites for hydroxylation is 1. The van der Waals surface area contributed by atoms with Gasteiger partial charge in [0.05, 0.1) is 37.7 Å². The van der Waals surface area contributed by atoms with Gasteiger partial charge in [0.2, 0.25) is 100 Å². The predicted molar refractivity (Wildman–Crippen MR) is 501 cm³/mol. The smallest absolute Gasteiger partial charge is 0.246 e. The maximum Gasteiger partial charge on any atom is 0.246 e. The Morgan fingerprint density at radius 2 is 1.13 bits per heavy atom. The SMILES string of the molecule is CCCC[C@H]1C(=O)N(C)[C@@H](CCCC)C(=O)N[C@@H](CC(C)C)C(=O)N[C@H](C(=O)NCC(=O)NCCCn2ccnc2)CSCC(=O)N[C@@H](Cc2ccc(O)cc2)C(=O)N(C)[C@@H](C)C(=O)N[C@@H](CC(N)=O)C(=O)N2CCC[C@H]2C(=O)N[C@@H](CN)C(=O)N[C@@H](CC(C)C)C(=O)N2C[C@H](O)C[C@H]2C(=O)N[C@@H](Cc2c[nH]c3ccccc23)C(=O)NCC(=O)NC(Cc2c[nH]c3ccccc23)C(=O)N1C. The highest BCUT2D eigenvalue weighted by Crippen LogP contribution is 2.28. The van der Waals surface area contributed by atoms with E-state index in [-0.39, 0.29) is 101 Å². The molecule has 17 amide bonds. The number of phenols is 1. The summed E-state index contributed by atoms with van der Waals surface area (Å²) in [5.74, 6) is -16.3. The first kappa shape index (κ1) is 106. The molecule has 135 heavy (non-hydrogen) atoms. The molecule has 6 heterocycles. The number of imidazole rings is 1. The van der Waals surface area contributed by atoms with Crippen LogP contribution in [0.5, 0.6) is 5.75 Å². The van der Waals surface area contributed by atoms with Gasteiger partial charge < -0.3 is 119 Å². The molecule has 1 unspecified atom stereocenters. The number of aromatic nitrogens is 4. The molecule has 0 saturated carbocycles. The number of nitrogens with two attached hydrogens (primary N) is 2. The molecule has 3 aromatic heterocycles. The fraction of sp³-hybridized carbons (Fsp3) is 0.548. The van der Waals surface area contributed by atoms with Gasteiger partial charge in [-0.3, -0.25) is 81.5 Å². The molecule has 6 aromatic rings. The minimum absolute atomic E-state index is 0.000550. The van der Waals surface area contributed by atoms with E-state index in [2.05, 4.69) is 73.4 Å². The molecular weight excluding hydrogens is 1760 g/mol. The number of aliphatic hydroxyl groups is 1. The second-order valence-electron chi connectivity index (χ2n) is 35.7. The summed E-state index contributed by atoms with van der Waals surface area (Å²) in [6.07, 6.45) is 7.79. The molecule has 42 heteroatoms. The van der Waals surface area contributed by atoms with Gasteiger partial charge in [-0.2, -0.15) is 0 Å². The molecule has 3 saturated heterocycles. The number of fused-ring (bicyclic) bond motifs is 4. The second-order valence-corrected chi connectivity index (χ2v) is 36.7. The molecule has 3 fully saturated rings. The number of rotatable bonds is 26. The Kier molecular flexibility index (Phi) is 39.9. The summed E-state index contributed by atoms with van der Waals surface area (Å²) in [4.78, 5) is 266. The second kappa shape index (κ2) is 50.9. The summed E-state index contributed by atoms with van der Waals surface area (Å²) < 4.78 is 1.81. The van der Waals surface area contributed by atoms with Crippen LogP contribution in [-0.2, 0) is 107 Å². The lowest BCUT2D eigenvalue weighted by Crippen LogP contribution is -2.61. The molecule has 41 nitrogen and oxygen atoms in total. The zero-order valence-electron chi connectivity index (χ0n) is 78.3. The average Bonchev–Trinajstić information content (AvgIpc) is 1.66. The van der Waals surface area contributed by atoms with Gasteiger partial charge in [0, 0.05) is 132 Å². The number of hydrogen-bond acceptors (Lipinski definition) is 22. The number of primary amides is 1. The molecule has 3 aromatic carbocycles. The number of amides is 17. The quantitative estimate of drug-likeness (QED) is 0.0302. The van der Waals surface area contributed by atoms with Crippen molar-refractivity contribution in [3.05, 3.63) is 121 Å². The lowest BCUT2D eigenvalue weighted by molar-refractivity contribution is -0.149. The number of phenolic OH excluding ortho intramolecular Hbond substituents is 1. The maximum atomic E-state index is 15.6. The zero-order chi connectivity index (χ0) is 98.4. The number of aliphatic hydroxyl groups excluding tert-OH is 1. The Bertz CT molecular complexity index is 5140. The van der Waals surface area contributed by atoms with E-state index in [1.165, 1.54) is 62.1 Å². The normalized spacial score (nSPS) is 24.3. The summed E-state index contributed by atoms with van der Waals surface area (Å²) in [5.41, 5.74) is 14.8. The third-order valence-electron chi connectivity index (χ3n) is 24.4. The number of aromatic hydroxyl groups is 1. The van der Waals surface area contributed by atoms with E-state index >= 15 is 28.8 Å². The van der Waals surface area contributed by atoms with Crippen LogP contribution in [0.1, 0.15) is 149 Å². The van der Waals surface area contributed by atoms with Crippen molar-refractivity contribution < 1.29 is 91.7 Å². The van der Waals surface area contributed by atoms with E-state index in [1.54, 1.807) is 89.1 Å². The summed E-state index contributed by atoms with van der Waals surface area (Å²) in [6.45, 7) is 10.4. The van der Waals surface area contributed by atoms with Gasteiger partial charge in [-0.15, -0.1) is 11.8 Å². The summed E-state index contributed by atoms with van der Waals surface area (Å²) in [6, 6.07) is 0.912. The third kappa shape index (κ3) is 30.0. The van der Waals surface area contributed by atoms with Gasteiger partial charge in [0.25, 0.3) is 0 Å². The van der Waals surface area contributed by atoms with Crippen molar-refractivity contribution in [2.24, 2.45) is 23.3 Å². The standard InChI is InChI=1S/C93H132N22O19S/c1-11-13-25-73-86(127)104-65(37-53(3)4)84(125)109-72(83(124)100-47-78(119)97-32-20-34-113-36-33-96-52-113)50-135-51-80(121)103-68(39-56-28-30-59(116)31-29-56)89(130)110(8)55(7)81(122)106-70(43-77(95)118)91(132)114-35-19-27-74(114)87(128)108-71(44-94)85(126)107-67(38-54(5)6)92(133)115-49-60(117)42-76(115)88(129)105-66(40-57-45-98-63-23-17-15-21-61(57)63)82(123)101-48-79(120)102-69(41-58-46-99-64-24-18-16-22-62(58)64)90(131)112(10)75(26-14-12-2)93(134)111(73)9/h15-18,21-24,28-31,33,36,45-46,52-55,60,65-76,98-99,116-117H,11-14,19-20,25-27,32,34-35,37-44,47-51,94H2,1-10H3,(H2,95,118)(H,97,119)(H,100,124)(H,101,123)(H,102,120)(H,103,121)(H,104,127)(H,105,129)(H,106,122)(H,107,126)(H,108,128)(H,109,125)/t55-,60+,65-,66-,67-,68-,69?,70-,71-,72-,73-,74-,75-,76-/m0/s1. The molecule has 3 aliphatic rings. The van der Waals surface area contributed by atoms with E-state index in [0.29, 0.717) is 77.1 Å². The first-order valence-electron chi connectivity index (χ1n) is 46.1. The van der Waals surface area contributed by atoms with Crippen LogP contribution in [0.2, 0.25) is 0 Å². The van der Waals surface area contributed by atoms with E-state index in [4.69, 9.17) is 11.5 Å². The van der Waals surface area contributed by atoms with Crippen LogP contribution in [0.4, 0.5) is 0 Å². The van der Waals surface area contributed by atoms with Crippen molar-refractivity contribution in [2.75, 3.05) is 71.9 Å². The fourth-order valence-electron chi connectivity index (χ4n) is 16.9. The first-order chi connectivity index (χ1) is 64.4. The van der Waals surface area contributed by atoms with Crippen molar-refractivity contribution in [1.82, 2.24) is 103 Å². The zero-order valence-corrected chi connectivity index (χ0v) is 79.1. The number of nitrogens with zero attached hydrogens (tertiary/aromatic N) is 7. The van der Waals surface area contributed by atoms with Gasteiger partial charge in [-0.25, -0.2) is 4.98 Å². The number of likely N-dealkylation sites (N-methyl/N-ethyl adjacent to an activating group) is 3. The van der Waals surface area contributed by atoms with E-state index in [9.17, 15) is 63.0 Å². The highest BCUT2D eigenvalue weighted by atomic mass is 32.2. The Labute approximate surface area is 788 Å². The molecule has 14 atom stereocenters. The van der Waals surface area contributed by atoms with Crippen LogP contribution in [0.15, 0.2) is 104 Å². The van der Waals surface area contributed by atoms with Crippen molar-refractivity contribution in [2.45, 2.75) is 242 Å². The van der Waals surface area contributed by atoms with Crippen LogP contribution in [0.25, 0.3) is 21.8 Å². The van der Waals surface area contributed by atoms with Crippen LogP contribution in [-0.4, -0.2) is 311 Å². The number of aromatic amines is 2. The number of carbonyl (C=O) groups excluding carboxylic acids is 17. The Morgan fingerprint density at radius 3 is 1.75 bits per heavy atom. The predicted octanol–water partition coefficient (Wildman–Crippen LogP) is -0.596. The van der Waals surface area contributed by atoms with Crippen LogP contribution >= 0.6 is 11.8 Å². The lowest BCUT2D eigenvalue weighted by Gasteiger charge is -2.36. The van der Waals surface area contributed by atoms with Crippen molar-refractivity contribution >= 4 is 134 Å². The van der Waals surface area contributed by atoms with Gasteiger partial charge in [-0.05, 0) is 105 Å². The molecule has 0 spiro atoms. The largest absolute Gasteiger partial charge is 0.508 e. The molecule has 0 bridgehead atoms. The molecule has 19 N–H and O–H groups in total. The molecule has 0 aliphatic carbocycles. The number of unbranched alkanes of at least 4 members (excludes halogenated alkanes) is 2. The Hall–Kier alpha value is -13.0. The minimum atomic E-state index is -1.76. The van der Waals surface area contributed by atoms with E-state index < -0.39 is 223 Å². The maximum absolute atomic E-state index is 15.6. The summed E-state index contributed by atoms with van der Waals surface area (Å²) >= 11 is 0.828. The molecule has 3 aliphatic heterocycles. The number of benzene rings is 3. The number of hydrogen-bond donors (Lipinski definition) is 17. The molecule has 734 valence electrons. The monoisotopic (exact) mass is 1890 g/mol. The number of nitrogens with one attached hydrogen (secondary N) is 13. The number of para-hydroxylation sites is 2. The van der Waals surface area contributed by atoms with E-state index in [0.717, 1.165) is 26.5 Å². The Morgan fingerprint density at radius 1 is 0.570 bits per heavy atom. The van der Waals surface area contributed by atoms with E-state index in [1.807, 2.05) is 36.6 Å². The molecule has 0 radical (unpaired) electrons. The topological polar surface area (TPSA) is 581 Å². The number of carbonyl (C=O) groups is 17. The van der Waals surface area contributed by atoms with Gasteiger partial charge in [0.1, 0.15) is 84.3 Å². The number of H-pyrrole nitrogens is 2. The minimum Gasteiger partial charge on any atom is -0.508 e. The Balaban J connectivity index is 1.06. The van der Waals surface area contributed by atoms with Crippen molar-refractivity contribution in [1.29, 1.82) is 0 Å². The summed E-state index contributed by atoms with van der Waals surface area (Å²) in [5, 5.41) is 52.6. The van der Waals surface area contributed by atoms with Gasteiger partial charge in [-0.1, -0.05) is 116 Å². The molecule has 9 rings (SSSR count). The van der Waals surface area contributed by atoms with Crippen molar-refractivity contribution in [3.63, 3.8) is 0 Å². The number of thioether (sulfide) groups is 1. The fourth-order valence-corrected chi connectivity index (χ4v) is 17.7. The highest BCUT2D eigenvalue weighted by molar-refractivity contribution is 8.00. The van der Waals surface area contributed by atoms with Crippen LogP contribution in [0.3, 0.4) is 0 Å². The third-order valence-corrected chi connectivity index (χ3v) is 25.4. The van der Waals surface area contributed by atoms with Crippen LogP contribution in [0, 0.1) is 11.8 Å². The lowest BCUT2D eigenvalue weighted by atomic mass is 9.99. The van der Waals surface area contributed by atoms with Crippen LogP contribution < -0.4 is 70.0 Å². The first-order valence-corrected chi connectivity index (χ1v) is 47.3. The van der Waals surface area contributed by atoms with Gasteiger partial charge in [0.15, 0.2) is 0 Å².